The van der Waals surface area contributed by atoms with Gasteiger partial charge in [-0.2, -0.15) is 0 Å². The highest BCUT2D eigenvalue weighted by molar-refractivity contribution is 9.10. The van der Waals surface area contributed by atoms with Crippen LogP contribution < -0.4 is 10.6 Å². The largest absolute Gasteiger partial charge is 0.398 e. The van der Waals surface area contributed by atoms with Crippen LogP contribution >= 0.6 is 15.9 Å². The van der Waals surface area contributed by atoms with Crippen LogP contribution in [0.3, 0.4) is 0 Å². The van der Waals surface area contributed by atoms with Crippen molar-refractivity contribution < 1.29 is 9.18 Å². The van der Waals surface area contributed by atoms with Gasteiger partial charge >= 0.3 is 0 Å². The van der Waals surface area contributed by atoms with E-state index in [0.29, 0.717) is 22.3 Å². The molecule has 1 aliphatic rings. The molecule has 1 aliphatic heterocycles. The highest BCUT2D eigenvalue weighted by Gasteiger charge is 2.26. The van der Waals surface area contributed by atoms with Gasteiger partial charge in [0.05, 0.1) is 0 Å². The maximum atomic E-state index is 13.5. The molecule has 0 spiro atoms. The number of benzene rings is 2. The molecule has 1 heterocycles. The van der Waals surface area contributed by atoms with Crippen LogP contribution in [-0.4, -0.2) is 12.5 Å². The Bertz CT molecular complexity index is 725. The lowest BCUT2D eigenvalue weighted by Crippen LogP contribution is -2.29. The minimum absolute atomic E-state index is 0.211. The number of nitrogens with zero attached hydrogens (tertiary/aromatic N) is 1. The van der Waals surface area contributed by atoms with Gasteiger partial charge < -0.3 is 10.6 Å². The summed E-state index contributed by atoms with van der Waals surface area (Å²) < 4.78 is 14.0. The lowest BCUT2D eigenvalue weighted by molar-refractivity contribution is 0.0989. The Morgan fingerprint density at radius 2 is 2.05 bits per heavy atom. The molecule has 0 saturated heterocycles. The molecule has 0 fully saturated rings. The summed E-state index contributed by atoms with van der Waals surface area (Å²) in [6.45, 7) is 2.54. The molecule has 21 heavy (non-hydrogen) atoms. The second-order valence-corrected chi connectivity index (χ2v) is 6.12. The molecule has 3 rings (SSSR count). The predicted octanol–water partition coefficient (Wildman–Crippen LogP) is 3.68. The van der Waals surface area contributed by atoms with Crippen LogP contribution in [-0.2, 0) is 6.42 Å². The Labute approximate surface area is 130 Å². The maximum Gasteiger partial charge on any atom is 0.258 e. The van der Waals surface area contributed by atoms with E-state index >= 15 is 0 Å². The number of anilines is 2. The van der Waals surface area contributed by atoms with Crippen molar-refractivity contribution in [3.63, 3.8) is 0 Å². The van der Waals surface area contributed by atoms with E-state index in [1.165, 1.54) is 12.1 Å². The summed E-state index contributed by atoms with van der Waals surface area (Å²) in [6, 6.07) is 8.04. The first-order valence-electron chi connectivity index (χ1n) is 6.62. The van der Waals surface area contributed by atoms with Gasteiger partial charge in [0.1, 0.15) is 5.82 Å². The van der Waals surface area contributed by atoms with Crippen LogP contribution in [0.1, 0.15) is 21.5 Å². The number of nitrogen functional groups attached to an aromatic ring is 1. The lowest BCUT2D eigenvalue weighted by Gasteiger charge is -2.18. The zero-order valence-electron chi connectivity index (χ0n) is 11.5. The average molecular weight is 349 g/mol. The van der Waals surface area contributed by atoms with E-state index in [9.17, 15) is 9.18 Å². The number of fused-ring (bicyclic) bond motifs is 1. The average Bonchev–Trinajstić information content (AvgIpc) is 2.80. The fourth-order valence-electron chi connectivity index (χ4n) is 2.62. The van der Waals surface area contributed by atoms with Crippen molar-refractivity contribution in [3.05, 3.63) is 57.3 Å². The Morgan fingerprint density at radius 3 is 2.76 bits per heavy atom. The topological polar surface area (TPSA) is 46.3 Å². The van der Waals surface area contributed by atoms with E-state index in [1.807, 2.05) is 19.1 Å². The zero-order chi connectivity index (χ0) is 15.1. The molecule has 0 bridgehead atoms. The van der Waals surface area contributed by atoms with Crippen LogP contribution in [0, 0.1) is 12.7 Å². The quantitative estimate of drug-likeness (QED) is 0.799. The molecule has 3 nitrogen and oxygen atoms in total. The lowest BCUT2D eigenvalue weighted by atomic mass is 10.1. The number of carbonyl (C=O) groups excluding carboxylic acids is 1. The monoisotopic (exact) mass is 348 g/mol. The zero-order valence-corrected chi connectivity index (χ0v) is 13.1. The summed E-state index contributed by atoms with van der Waals surface area (Å²) in [5.41, 5.74) is 9.86. The minimum atomic E-state index is -0.435. The van der Waals surface area contributed by atoms with E-state index in [0.717, 1.165) is 23.2 Å². The van der Waals surface area contributed by atoms with Crippen molar-refractivity contribution in [2.24, 2.45) is 0 Å². The van der Waals surface area contributed by atoms with Crippen LogP contribution in [0.25, 0.3) is 0 Å². The standard InChI is InChI=1S/C16H14BrFN2O/c1-9-4-10-2-3-20(15(10)8-14(9)19)16(21)11-5-12(17)7-13(18)6-11/h4-8H,2-3,19H2,1H3. The molecule has 108 valence electrons. The number of amides is 1. The van der Waals surface area contributed by atoms with Gasteiger partial charge in [-0.05, 0) is 48.7 Å². The Hall–Kier alpha value is -1.88. The van der Waals surface area contributed by atoms with Gasteiger partial charge in [-0.1, -0.05) is 22.0 Å². The number of hydrogen-bond acceptors (Lipinski definition) is 2. The maximum absolute atomic E-state index is 13.5. The van der Waals surface area contributed by atoms with Crippen LogP contribution in [0.15, 0.2) is 34.8 Å². The summed E-state index contributed by atoms with van der Waals surface area (Å²) in [7, 11) is 0. The molecule has 0 unspecified atom stereocenters. The van der Waals surface area contributed by atoms with Crippen molar-refractivity contribution >= 4 is 33.2 Å². The fraction of sp³-hybridized carbons (Fsp3) is 0.188. The van der Waals surface area contributed by atoms with Gasteiger partial charge in [-0.25, -0.2) is 4.39 Å². The number of aryl methyl sites for hydroxylation is 1. The van der Waals surface area contributed by atoms with Gasteiger partial charge in [0, 0.05) is 28.0 Å². The summed E-state index contributed by atoms with van der Waals surface area (Å²) >= 11 is 3.21. The summed E-state index contributed by atoms with van der Waals surface area (Å²) in [5.74, 6) is -0.646. The second kappa shape index (κ2) is 5.15. The SMILES string of the molecule is Cc1cc2c(cc1N)N(C(=O)c1cc(F)cc(Br)c1)CC2. The third-order valence-electron chi connectivity index (χ3n) is 3.72. The first-order chi connectivity index (χ1) is 9.95. The second-order valence-electron chi connectivity index (χ2n) is 5.20. The molecular formula is C16H14BrFN2O. The molecule has 0 aliphatic carbocycles. The van der Waals surface area contributed by atoms with Crippen LogP contribution in [0.5, 0.6) is 0 Å². The number of rotatable bonds is 1. The van der Waals surface area contributed by atoms with E-state index < -0.39 is 5.82 Å². The van der Waals surface area contributed by atoms with Gasteiger partial charge in [0.15, 0.2) is 0 Å². The molecular weight excluding hydrogens is 335 g/mol. The number of hydrogen-bond donors (Lipinski definition) is 1. The summed E-state index contributed by atoms with van der Waals surface area (Å²) in [5, 5.41) is 0. The molecule has 1 amide bonds. The van der Waals surface area contributed by atoms with Gasteiger partial charge in [-0.3, -0.25) is 4.79 Å². The Morgan fingerprint density at radius 1 is 1.29 bits per heavy atom. The highest BCUT2D eigenvalue weighted by atomic mass is 79.9. The van der Waals surface area contributed by atoms with Crippen LogP contribution in [0.2, 0.25) is 0 Å². The molecule has 0 atom stereocenters. The Kier molecular flexibility index (Phi) is 3.45. The fourth-order valence-corrected chi connectivity index (χ4v) is 3.09. The Balaban J connectivity index is 2.00. The highest BCUT2D eigenvalue weighted by Crippen LogP contribution is 2.33. The molecule has 5 heteroatoms. The minimum Gasteiger partial charge on any atom is -0.398 e. The van der Waals surface area contributed by atoms with E-state index in [2.05, 4.69) is 15.9 Å². The molecule has 2 aromatic carbocycles. The predicted molar refractivity (Wildman–Crippen MR) is 85.1 cm³/mol. The van der Waals surface area contributed by atoms with Crippen LogP contribution in [0.4, 0.5) is 15.8 Å². The molecule has 2 aromatic rings. The van der Waals surface area contributed by atoms with Crippen molar-refractivity contribution in [2.75, 3.05) is 17.2 Å². The summed E-state index contributed by atoms with van der Waals surface area (Å²) in [6.07, 6.45) is 0.790. The molecule has 2 N–H and O–H groups in total. The first kappa shape index (κ1) is 14.1. The summed E-state index contributed by atoms with van der Waals surface area (Å²) in [4.78, 5) is 14.3. The van der Waals surface area contributed by atoms with Crippen molar-refractivity contribution in [2.45, 2.75) is 13.3 Å². The van der Waals surface area contributed by atoms with Gasteiger partial charge in [0.2, 0.25) is 0 Å². The number of halogens is 2. The molecule has 0 saturated carbocycles. The smallest absolute Gasteiger partial charge is 0.258 e. The van der Waals surface area contributed by atoms with Gasteiger partial charge in [0.25, 0.3) is 5.91 Å². The van der Waals surface area contributed by atoms with Crippen molar-refractivity contribution in [1.29, 1.82) is 0 Å². The first-order valence-corrected chi connectivity index (χ1v) is 7.42. The van der Waals surface area contributed by atoms with Crippen molar-refractivity contribution in [3.8, 4) is 0 Å². The molecule has 0 radical (unpaired) electrons. The number of carbonyl (C=O) groups is 1. The third-order valence-corrected chi connectivity index (χ3v) is 4.18. The normalized spacial score (nSPS) is 13.4. The van der Waals surface area contributed by atoms with E-state index in [-0.39, 0.29) is 5.91 Å². The third kappa shape index (κ3) is 2.53. The molecule has 0 aromatic heterocycles. The van der Waals surface area contributed by atoms with Gasteiger partial charge in [-0.15, -0.1) is 0 Å². The number of nitrogens with two attached hydrogens (primary N) is 1. The van der Waals surface area contributed by atoms with E-state index in [4.69, 9.17) is 5.73 Å². The van der Waals surface area contributed by atoms with Crippen molar-refractivity contribution in [1.82, 2.24) is 0 Å². The van der Waals surface area contributed by atoms with E-state index in [1.54, 1.807) is 11.0 Å².